The van der Waals surface area contributed by atoms with Gasteiger partial charge in [-0.3, -0.25) is 4.90 Å². The second kappa shape index (κ2) is 5.31. The fraction of sp³-hybridized carbons (Fsp3) is 1.00. The summed E-state index contributed by atoms with van der Waals surface area (Å²) in [5.41, 5.74) is 0. The van der Waals surface area contributed by atoms with Crippen molar-refractivity contribution in [1.29, 1.82) is 0 Å². The predicted molar refractivity (Wildman–Crippen MR) is 65.0 cm³/mol. The van der Waals surface area contributed by atoms with Crippen LogP contribution >= 0.6 is 0 Å². The van der Waals surface area contributed by atoms with E-state index in [-0.39, 0.29) is 0 Å². The van der Waals surface area contributed by atoms with E-state index in [9.17, 15) is 0 Å². The van der Waals surface area contributed by atoms with Gasteiger partial charge in [0, 0.05) is 19.1 Å². The molecule has 2 aliphatic rings. The van der Waals surface area contributed by atoms with Gasteiger partial charge in [-0.1, -0.05) is 26.7 Å². The van der Waals surface area contributed by atoms with Crippen molar-refractivity contribution in [1.82, 2.24) is 10.2 Å². The van der Waals surface area contributed by atoms with E-state index >= 15 is 0 Å². The number of likely N-dealkylation sites (N-methyl/N-ethyl adjacent to an activating group) is 1. The maximum Gasteiger partial charge on any atom is 0.0260 e. The highest BCUT2D eigenvalue weighted by molar-refractivity contribution is 4.89. The Labute approximate surface area is 94.4 Å². The van der Waals surface area contributed by atoms with Gasteiger partial charge in [0.2, 0.25) is 0 Å². The third kappa shape index (κ3) is 2.54. The Hall–Kier alpha value is -0.0800. The molecule has 1 N–H and O–H groups in total. The predicted octanol–water partition coefficient (Wildman–Crippen LogP) is 2.11. The highest BCUT2D eigenvalue weighted by Crippen LogP contribution is 2.29. The lowest BCUT2D eigenvalue weighted by Gasteiger charge is -2.37. The zero-order valence-corrected chi connectivity index (χ0v) is 10.3. The lowest BCUT2D eigenvalue weighted by atomic mass is 9.84. The minimum atomic E-state index is 0.820. The van der Waals surface area contributed by atoms with E-state index in [1.54, 1.807) is 0 Å². The highest BCUT2D eigenvalue weighted by atomic mass is 15.2. The average Bonchev–Trinajstić information content (AvgIpc) is 2.64. The SMILES string of the molecule is CCC1CNCC1N(CC)CC1CCC1. The van der Waals surface area contributed by atoms with Crippen LogP contribution in [0.3, 0.4) is 0 Å². The van der Waals surface area contributed by atoms with Crippen molar-refractivity contribution in [2.24, 2.45) is 11.8 Å². The van der Waals surface area contributed by atoms with Crippen LogP contribution in [0.2, 0.25) is 0 Å². The fourth-order valence-electron chi connectivity index (χ4n) is 3.07. The van der Waals surface area contributed by atoms with Crippen LogP contribution < -0.4 is 5.32 Å². The van der Waals surface area contributed by atoms with Crippen LogP contribution in [0.4, 0.5) is 0 Å². The van der Waals surface area contributed by atoms with Crippen molar-refractivity contribution in [3.05, 3.63) is 0 Å². The molecule has 2 rings (SSSR count). The molecule has 0 amide bonds. The van der Waals surface area contributed by atoms with Crippen LogP contribution in [0.15, 0.2) is 0 Å². The number of rotatable bonds is 5. The molecule has 2 fully saturated rings. The largest absolute Gasteiger partial charge is 0.315 e. The number of nitrogens with zero attached hydrogens (tertiary/aromatic N) is 1. The number of hydrogen-bond donors (Lipinski definition) is 1. The molecule has 1 aliphatic heterocycles. The van der Waals surface area contributed by atoms with E-state index in [0.29, 0.717) is 0 Å². The number of hydrogen-bond acceptors (Lipinski definition) is 2. The Balaban J connectivity index is 1.86. The van der Waals surface area contributed by atoms with Gasteiger partial charge < -0.3 is 5.32 Å². The van der Waals surface area contributed by atoms with Gasteiger partial charge in [0.1, 0.15) is 0 Å². The molecule has 1 saturated heterocycles. The zero-order valence-electron chi connectivity index (χ0n) is 10.3. The molecule has 1 aliphatic carbocycles. The maximum atomic E-state index is 3.56. The molecule has 0 bridgehead atoms. The Morgan fingerprint density at radius 1 is 1.20 bits per heavy atom. The van der Waals surface area contributed by atoms with E-state index in [0.717, 1.165) is 17.9 Å². The molecule has 1 saturated carbocycles. The summed E-state index contributed by atoms with van der Waals surface area (Å²) < 4.78 is 0. The van der Waals surface area contributed by atoms with Crippen molar-refractivity contribution in [2.75, 3.05) is 26.2 Å². The van der Waals surface area contributed by atoms with Gasteiger partial charge in [-0.2, -0.15) is 0 Å². The third-order valence-corrected chi connectivity index (χ3v) is 4.42. The third-order valence-electron chi connectivity index (χ3n) is 4.42. The Morgan fingerprint density at radius 3 is 2.53 bits per heavy atom. The molecular formula is C13H26N2. The highest BCUT2D eigenvalue weighted by Gasteiger charge is 2.32. The van der Waals surface area contributed by atoms with E-state index in [4.69, 9.17) is 0 Å². The monoisotopic (exact) mass is 210 g/mol. The van der Waals surface area contributed by atoms with E-state index < -0.39 is 0 Å². The first-order valence-electron chi connectivity index (χ1n) is 6.79. The minimum absolute atomic E-state index is 0.820. The molecule has 2 unspecified atom stereocenters. The van der Waals surface area contributed by atoms with Gasteiger partial charge in [0.05, 0.1) is 0 Å². The van der Waals surface area contributed by atoms with Gasteiger partial charge >= 0.3 is 0 Å². The van der Waals surface area contributed by atoms with Crippen molar-refractivity contribution in [3.63, 3.8) is 0 Å². The van der Waals surface area contributed by atoms with E-state index in [2.05, 4.69) is 24.1 Å². The van der Waals surface area contributed by atoms with Crippen LogP contribution in [-0.4, -0.2) is 37.1 Å². The average molecular weight is 210 g/mol. The lowest BCUT2D eigenvalue weighted by molar-refractivity contribution is 0.122. The second-order valence-electron chi connectivity index (χ2n) is 5.28. The lowest BCUT2D eigenvalue weighted by Crippen LogP contribution is -2.44. The van der Waals surface area contributed by atoms with Crippen molar-refractivity contribution < 1.29 is 0 Å². The van der Waals surface area contributed by atoms with E-state index in [1.807, 2.05) is 0 Å². The summed E-state index contributed by atoms with van der Waals surface area (Å²) in [6, 6.07) is 0.820. The standard InChI is InChI=1S/C13H26N2/c1-3-12-8-14-9-13(12)15(4-2)10-11-6-5-7-11/h11-14H,3-10H2,1-2H3. The van der Waals surface area contributed by atoms with Crippen LogP contribution in [-0.2, 0) is 0 Å². The first kappa shape index (κ1) is 11.4. The van der Waals surface area contributed by atoms with Crippen LogP contribution in [0.5, 0.6) is 0 Å². The summed E-state index contributed by atoms with van der Waals surface area (Å²) >= 11 is 0. The zero-order chi connectivity index (χ0) is 10.7. The topological polar surface area (TPSA) is 15.3 Å². The van der Waals surface area contributed by atoms with Gasteiger partial charge in [-0.05, 0) is 37.8 Å². The fourth-order valence-corrected chi connectivity index (χ4v) is 3.07. The summed E-state index contributed by atoms with van der Waals surface area (Å²) in [7, 11) is 0. The second-order valence-corrected chi connectivity index (χ2v) is 5.28. The minimum Gasteiger partial charge on any atom is -0.315 e. The Morgan fingerprint density at radius 2 is 2.00 bits per heavy atom. The maximum absolute atomic E-state index is 3.56. The summed E-state index contributed by atoms with van der Waals surface area (Å²) in [5, 5.41) is 3.56. The smallest absolute Gasteiger partial charge is 0.0260 e. The molecule has 88 valence electrons. The molecule has 0 aromatic carbocycles. The molecule has 1 heterocycles. The van der Waals surface area contributed by atoms with Gasteiger partial charge in [0.25, 0.3) is 0 Å². The molecule has 2 nitrogen and oxygen atoms in total. The molecule has 2 heteroatoms. The molecule has 0 aromatic heterocycles. The first-order chi connectivity index (χ1) is 7.35. The van der Waals surface area contributed by atoms with Gasteiger partial charge in [-0.15, -0.1) is 0 Å². The van der Waals surface area contributed by atoms with Crippen LogP contribution in [0.1, 0.15) is 39.5 Å². The quantitative estimate of drug-likeness (QED) is 0.747. The Kier molecular flexibility index (Phi) is 4.04. The summed E-state index contributed by atoms with van der Waals surface area (Å²) in [6.45, 7) is 9.71. The van der Waals surface area contributed by atoms with Crippen LogP contribution in [0.25, 0.3) is 0 Å². The normalized spacial score (nSPS) is 32.2. The number of nitrogens with one attached hydrogen (secondary N) is 1. The molecule has 2 atom stereocenters. The summed E-state index contributed by atoms with van der Waals surface area (Å²) in [6.07, 6.45) is 5.77. The van der Waals surface area contributed by atoms with Crippen molar-refractivity contribution >= 4 is 0 Å². The Bertz CT molecular complexity index is 189. The van der Waals surface area contributed by atoms with Gasteiger partial charge in [-0.25, -0.2) is 0 Å². The summed E-state index contributed by atoms with van der Waals surface area (Å²) in [5.74, 6) is 1.91. The first-order valence-corrected chi connectivity index (χ1v) is 6.79. The molecule has 0 aromatic rings. The molecule has 0 spiro atoms. The molecule has 0 radical (unpaired) electrons. The van der Waals surface area contributed by atoms with Crippen LogP contribution in [0, 0.1) is 11.8 Å². The molecular weight excluding hydrogens is 184 g/mol. The molecule has 15 heavy (non-hydrogen) atoms. The summed E-state index contributed by atoms with van der Waals surface area (Å²) in [4.78, 5) is 2.73. The van der Waals surface area contributed by atoms with Gasteiger partial charge in [0.15, 0.2) is 0 Å². The van der Waals surface area contributed by atoms with Crippen molar-refractivity contribution in [2.45, 2.75) is 45.6 Å². The van der Waals surface area contributed by atoms with Crippen molar-refractivity contribution in [3.8, 4) is 0 Å². The van der Waals surface area contributed by atoms with E-state index in [1.165, 1.54) is 51.9 Å².